The summed E-state index contributed by atoms with van der Waals surface area (Å²) in [6.45, 7) is 5.23. The van der Waals surface area contributed by atoms with Crippen LogP contribution in [0, 0.1) is 0 Å². The molecule has 0 aliphatic rings. The van der Waals surface area contributed by atoms with E-state index in [-0.39, 0.29) is 0 Å². The molecule has 0 spiro atoms. The second-order valence-corrected chi connectivity index (χ2v) is 4.36. The van der Waals surface area contributed by atoms with Crippen molar-refractivity contribution in [2.75, 3.05) is 39.7 Å². The standard InChI is InChI=1S/C13H23N3O2/c1-11(10-18-3)16(6-7-17-2)9-12-4-5-15-13(14)8-12/h4-5,8,11H,6-7,9-10H2,1-3H3,(H2,14,15). The van der Waals surface area contributed by atoms with Crippen molar-refractivity contribution >= 4 is 5.82 Å². The number of aromatic nitrogens is 1. The first-order valence-corrected chi connectivity index (χ1v) is 6.09. The summed E-state index contributed by atoms with van der Waals surface area (Å²) in [6.07, 6.45) is 1.74. The number of nitrogens with two attached hydrogens (primary N) is 1. The van der Waals surface area contributed by atoms with Crippen LogP contribution >= 0.6 is 0 Å². The fraction of sp³-hybridized carbons (Fsp3) is 0.615. The molecule has 1 heterocycles. The number of ether oxygens (including phenoxy) is 2. The van der Waals surface area contributed by atoms with Gasteiger partial charge >= 0.3 is 0 Å². The van der Waals surface area contributed by atoms with Gasteiger partial charge < -0.3 is 15.2 Å². The molecular formula is C13H23N3O2. The van der Waals surface area contributed by atoms with E-state index in [4.69, 9.17) is 15.2 Å². The lowest BCUT2D eigenvalue weighted by atomic mass is 10.2. The highest BCUT2D eigenvalue weighted by Crippen LogP contribution is 2.10. The highest BCUT2D eigenvalue weighted by Gasteiger charge is 2.14. The molecule has 5 nitrogen and oxygen atoms in total. The molecule has 0 saturated carbocycles. The van der Waals surface area contributed by atoms with Crippen molar-refractivity contribution < 1.29 is 9.47 Å². The van der Waals surface area contributed by atoms with Crippen molar-refractivity contribution in [3.63, 3.8) is 0 Å². The Morgan fingerprint density at radius 1 is 1.39 bits per heavy atom. The maximum atomic E-state index is 5.69. The molecule has 0 aromatic carbocycles. The average Bonchev–Trinajstić information content (AvgIpc) is 2.34. The summed E-state index contributed by atoms with van der Waals surface area (Å²) in [5.74, 6) is 0.554. The van der Waals surface area contributed by atoms with E-state index >= 15 is 0 Å². The fourth-order valence-corrected chi connectivity index (χ4v) is 1.84. The predicted octanol–water partition coefficient (Wildman–Crippen LogP) is 1.15. The van der Waals surface area contributed by atoms with Gasteiger partial charge in [-0.05, 0) is 24.6 Å². The van der Waals surface area contributed by atoms with Crippen LogP contribution in [0.2, 0.25) is 0 Å². The number of nitrogen functional groups attached to an aromatic ring is 1. The third-order valence-corrected chi connectivity index (χ3v) is 2.85. The molecule has 1 aromatic heterocycles. The van der Waals surface area contributed by atoms with Crippen LogP contribution in [-0.2, 0) is 16.0 Å². The van der Waals surface area contributed by atoms with Crippen molar-refractivity contribution in [1.82, 2.24) is 9.88 Å². The highest BCUT2D eigenvalue weighted by molar-refractivity contribution is 5.31. The minimum absolute atomic E-state index is 0.333. The van der Waals surface area contributed by atoms with E-state index in [0.717, 1.165) is 18.7 Å². The van der Waals surface area contributed by atoms with Gasteiger partial charge in [-0.25, -0.2) is 4.98 Å². The lowest BCUT2D eigenvalue weighted by Gasteiger charge is -2.28. The van der Waals surface area contributed by atoms with E-state index in [1.807, 2.05) is 12.1 Å². The molecule has 1 unspecified atom stereocenters. The Labute approximate surface area is 109 Å². The number of hydrogen-bond acceptors (Lipinski definition) is 5. The number of anilines is 1. The lowest BCUT2D eigenvalue weighted by molar-refractivity contribution is 0.0705. The molecule has 102 valence electrons. The van der Waals surface area contributed by atoms with Crippen molar-refractivity contribution in [1.29, 1.82) is 0 Å². The smallest absolute Gasteiger partial charge is 0.123 e. The maximum Gasteiger partial charge on any atom is 0.123 e. The van der Waals surface area contributed by atoms with Crippen molar-refractivity contribution in [2.24, 2.45) is 0 Å². The molecule has 0 aliphatic heterocycles. The van der Waals surface area contributed by atoms with Gasteiger partial charge in [0.2, 0.25) is 0 Å². The minimum Gasteiger partial charge on any atom is -0.384 e. The van der Waals surface area contributed by atoms with Crippen LogP contribution in [0.4, 0.5) is 5.82 Å². The van der Waals surface area contributed by atoms with Crippen molar-refractivity contribution in [2.45, 2.75) is 19.5 Å². The maximum absolute atomic E-state index is 5.69. The molecule has 0 radical (unpaired) electrons. The first-order valence-electron chi connectivity index (χ1n) is 6.09. The zero-order valence-corrected chi connectivity index (χ0v) is 11.4. The number of hydrogen-bond donors (Lipinski definition) is 1. The first kappa shape index (κ1) is 14.9. The second kappa shape index (κ2) is 8.02. The van der Waals surface area contributed by atoms with E-state index in [9.17, 15) is 0 Å². The molecule has 2 N–H and O–H groups in total. The lowest BCUT2D eigenvalue weighted by Crippen LogP contribution is -2.38. The van der Waals surface area contributed by atoms with Gasteiger partial charge in [-0.3, -0.25) is 4.90 Å². The van der Waals surface area contributed by atoms with E-state index in [2.05, 4.69) is 16.8 Å². The Morgan fingerprint density at radius 2 is 2.17 bits per heavy atom. The van der Waals surface area contributed by atoms with Crippen LogP contribution in [0.3, 0.4) is 0 Å². The Morgan fingerprint density at radius 3 is 2.78 bits per heavy atom. The van der Waals surface area contributed by atoms with Gasteiger partial charge in [-0.15, -0.1) is 0 Å². The van der Waals surface area contributed by atoms with Gasteiger partial charge in [-0.1, -0.05) is 0 Å². The van der Waals surface area contributed by atoms with Crippen LogP contribution in [0.25, 0.3) is 0 Å². The predicted molar refractivity (Wildman–Crippen MR) is 72.3 cm³/mol. The number of pyridine rings is 1. The molecule has 18 heavy (non-hydrogen) atoms. The normalized spacial score (nSPS) is 12.9. The Bertz CT molecular complexity index is 347. The van der Waals surface area contributed by atoms with Gasteiger partial charge in [-0.2, -0.15) is 0 Å². The zero-order chi connectivity index (χ0) is 13.4. The summed E-state index contributed by atoms with van der Waals surface area (Å²) >= 11 is 0. The molecular weight excluding hydrogens is 230 g/mol. The van der Waals surface area contributed by atoms with Crippen LogP contribution in [0.1, 0.15) is 12.5 Å². The van der Waals surface area contributed by atoms with Gasteiger partial charge in [0.15, 0.2) is 0 Å². The average molecular weight is 253 g/mol. The van der Waals surface area contributed by atoms with Crippen molar-refractivity contribution in [3.05, 3.63) is 23.9 Å². The van der Waals surface area contributed by atoms with Crippen LogP contribution in [-0.4, -0.2) is 49.9 Å². The SMILES string of the molecule is COCCN(Cc1ccnc(N)c1)C(C)COC. The largest absolute Gasteiger partial charge is 0.384 e. The molecule has 5 heteroatoms. The van der Waals surface area contributed by atoms with E-state index in [1.54, 1.807) is 20.4 Å². The second-order valence-electron chi connectivity index (χ2n) is 4.36. The molecule has 0 saturated heterocycles. The Balaban J connectivity index is 2.64. The highest BCUT2D eigenvalue weighted by atomic mass is 16.5. The van der Waals surface area contributed by atoms with Gasteiger partial charge in [0.05, 0.1) is 13.2 Å². The summed E-state index contributed by atoms with van der Waals surface area (Å²) in [5.41, 5.74) is 6.84. The molecule has 0 aliphatic carbocycles. The van der Waals surface area contributed by atoms with Gasteiger partial charge in [0.1, 0.15) is 5.82 Å². The summed E-state index contributed by atoms with van der Waals surface area (Å²) in [4.78, 5) is 6.31. The minimum atomic E-state index is 0.333. The molecule has 1 atom stereocenters. The van der Waals surface area contributed by atoms with Crippen molar-refractivity contribution in [3.8, 4) is 0 Å². The fourth-order valence-electron chi connectivity index (χ4n) is 1.84. The van der Waals surface area contributed by atoms with Gasteiger partial charge in [0.25, 0.3) is 0 Å². The molecule has 0 bridgehead atoms. The first-order chi connectivity index (χ1) is 8.67. The third kappa shape index (κ3) is 5.00. The summed E-state index contributed by atoms with van der Waals surface area (Å²) in [7, 11) is 3.43. The van der Waals surface area contributed by atoms with E-state index < -0.39 is 0 Å². The van der Waals surface area contributed by atoms with Gasteiger partial charge in [0, 0.05) is 39.5 Å². The monoisotopic (exact) mass is 253 g/mol. The number of nitrogens with zero attached hydrogens (tertiary/aromatic N) is 2. The summed E-state index contributed by atoms with van der Waals surface area (Å²) in [6, 6.07) is 4.22. The number of rotatable bonds is 8. The van der Waals surface area contributed by atoms with E-state index in [0.29, 0.717) is 25.1 Å². The van der Waals surface area contributed by atoms with Crippen LogP contribution < -0.4 is 5.73 Å². The molecule has 0 fully saturated rings. The van der Waals surface area contributed by atoms with Crippen LogP contribution in [0.5, 0.6) is 0 Å². The Kier molecular flexibility index (Phi) is 6.64. The molecule has 1 aromatic rings. The van der Waals surface area contributed by atoms with E-state index in [1.165, 1.54) is 0 Å². The molecule has 1 rings (SSSR count). The number of methoxy groups -OCH3 is 2. The zero-order valence-electron chi connectivity index (χ0n) is 11.4. The summed E-state index contributed by atoms with van der Waals surface area (Å²) < 4.78 is 10.3. The summed E-state index contributed by atoms with van der Waals surface area (Å²) in [5, 5.41) is 0. The topological polar surface area (TPSA) is 60.6 Å². The quantitative estimate of drug-likeness (QED) is 0.753. The third-order valence-electron chi connectivity index (χ3n) is 2.85. The molecule has 0 amide bonds. The van der Waals surface area contributed by atoms with Crippen LogP contribution in [0.15, 0.2) is 18.3 Å². The Hall–Kier alpha value is -1.17.